The summed E-state index contributed by atoms with van der Waals surface area (Å²) >= 11 is 0. The van der Waals surface area contributed by atoms with Crippen molar-refractivity contribution in [1.82, 2.24) is 4.90 Å². The summed E-state index contributed by atoms with van der Waals surface area (Å²) in [5.41, 5.74) is 6.30. The van der Waals surface area contributed by atoms with Crippen molar-refractivity contribution in [2.75, 3.05) is 19.7 Å². The number of nitrogens with zero attached hydrogens (tertiary/aromatic N) is 1. The van der Waals surface area contributed by atoms with Crippen LogP contribution in [0.4, 0.5) is 0 Å². The van der Waals surface area contributed by atoms with Crippen molar-refractivity contribution in [3.05, 3.63) is 0 Å². The van der Waals surface area contributed by atoms with E-state index in [0.717, 1.165) is 19.6 Å². The second kappa shape index (κ2) is 5.25. The van der Waals surface area contributed by atoms with E-state index in [-0.39, 0.29) is 5.60 Å². The summed E-state index contributed by atoms with van der Waals surface area (Å²) in [4.78, 5) is 2.61. The summed E-state index contributed by atoms with van der Waals surface area (Å²) in [6, 6.07) is 1.05. The van der Waals surface area contributed by atoms with E-state index in [0.29, 0.717) is 18.0 Å². The van der Waals surface area contributed by atoms with Gasteiger partial charge < -0.3 is 10.5 Å². The van der Waals surface area contributed by atoms with Crippen LogP contribution in [0.15, 0.2) is 0 Å². The largest absolute Gasteiger partial charge is 0.375 e. The fraction of sp³-hybridized carbons (Fsp3) is 1.00. The van der Waals surface area contributed by atoms with Crippen molar-refractivity contribution in [2.45, 2.75) is 64.1 Å². The van der Waals surface area contributed by atoms with Crippen LogP contribution in [0.1, 0.15) is 46.5 Å². The van der Waals surface area contributed by atoms with E-state index < -0.39 is 0 Å². The number of rotatable bonds is 2. The standard InChI is InChI=1S/C14H28N2O/c1-4-14(3)9-12(6-8-17-14)16-7-5-11(2)13(15)10-16/h11-13H,4-10,15H2,1-3H3. The molecule has 2 saturated heterocycles. The number of hydrogen-bond donors (Lipinski definition) is 1. The monoisotopic (exact) mass is 240 g/mol. The number of hydrogen-bond acceptors (Lipinski definition) is 3. The SMILES string of the molecule is CCC1(C)CC(N2CCC(C)C(N)C2)CCO1. The van der Waals surface area contributed by atoms with Crippen molar-refractivity contribution in [1.29, 1.82) is 0 Å². The van der Waals surface area contributed by atoms with Crippen LogP contribution in [0.25, 0.3) is 0 Å². The molecule has 17 heavy (non-hydrogen) atoms. The van der Waals surface area contributed by atoms with Gasteiger partial charge in [-0.15, -0.1) is 0 Å². The maximum atomic E-state index is 6.20. The second-order valence-corrected chi connectivity index (χ2v) is 6.22. The first-order valence-corrected chi connectivity index (χ1v) is 7.17. The summed E-state index contributed by atoms with van der Waals surface area (Å²) in [5.74, 6) is 0.684. The van der Waals surface area contributed by atoms with E-state index in [1.807, 2.05) is 0 Å². The maximum Gasteiger partial charge on any atom is 0.0666 e. The van der Waals surface area contributed by atoms with Gasteiger partial charge in [0, 0.05) is 25.2 Å². The molecule has 0 bridgehead atoms. The van der Waals surface area contributed by atoms with Gasteiger partial charge in [-0.2, -0.15) is 0 Å². The summed E-state index contributed by atoms with van der Waals surface area (Å²) < 4.78 is 5.93. The van der Waals surface area contributed by atoms with Crippen LogP contribution in [-0.2, 0) is 4.74 Å². The third kappa shape index (κ3) is 3.01. The first-order chi connectivity index (χ1) is 8.04. The molecule has 100 valence electrons. The quantitative estimate of drug-likeness (QED) is 0.802. The van der Waals surface area contributed by atoms with Crippen LogP contribution in [0, 0.1) is 5.92 Å². The molecule has 2 N–H and O–H groups in total. The van der Waals surface area contributed by atoms with Crippen LogP contribution >= 0.6 is 0 Å². The molecule has 0 aromatic carbocycles. The lowest BCUT2D eigenvalue weighted by Crippen LogP contribution is -2.54. The van der Waals surface area contributed by atoms with Crippen molar-refractivity contribution < 1.29 is 4.74 Å². The zero-order valence-electron chi connectivity index (χ0n) is 11.6. The Kier molecular flexibility index (Phi) is 4.11. The molecule has 0 saturated carbocycles. The Balaban J connectivity index is 1.94. The Hall–Kier alpha value is -0.120. The summed E-state index contributed by atoms with van der Waals surface area (Å²) in [5, 5.41) is 0. The molecule has 3 heteroatoms. The van der Waals surface area contributed by atoms with Gasteiger partial charge in [0.15, 0.2) is 0 Å². The zero-order chi connectivity index (χ0) is 12.5. The lowest BCUT2D eigenvalue weighted by molar-refractivity contribution is -0.100. The van der Waals surface area contributed by atoms with Gasteiger partial charge in [0.25, 0.3) is 0 Å². The van der Waals surface area contributed by atoms with Gasteiger partial charge in [-0.1, -0.05) is 13.8 Å². The predicted octanol–water partition coefficient (Wildman–Crippen LogP) is 2.00. The van der Waals surface area contributed by atoms with Gasteiger partial charge >= 0.3 is 0 Å². The molecular formula is C14H28N2O. The van der Waals surface area contributed by atoms with Gasteiger partial charge in [-0.25, -0.2) is 0 Å². The molecular weight excluding hydrogens is 212 g/mol. The highest BCUT2D eigenvalue weighted by Crippen LogP contribution is 2.32. The highest BCUT2D eigenvalue weighted by Gasteiger charge is 2.36. The number of nitrogens with two attached hydrogens (primary N) is 1. The summed E-state index contributed by atoms with van der Waals surface area (Å²) in [6.45, 7) is 9.97. The van der Waals surface area contributed by atoms with E-state index in [4.69, 9.17) is 10.5 Å². The highest BCUT2D eigenvalue weighted by atomic mass is 16.5. The second-order valence-electron chi connectivity index (χ2n) is 6.22. The van der Waals surface area contributed by atoms with Gasteiger partial charge in [-0.3, -0.25) is 4.90 Å². The smallest absolute Gasteiger partial charge is 0.0666 e. The maximum absolute atomic E-state index is 6.20. The Morgan fingerprint density at radius 1 is 1.41 bits per heavy atom. The fourth-order valence-corrected chi connectivity index (χ4v) is 3.12. The number of piperidine rings is 1. The first-order valence-electron chi connectivity index (χ1n) is 7.17. The molecule has 2 fully saturated rings. The zero-order valence-corrected chi connectivity index (χ0v) is 11.6. The van der Waals surface area contributed by atoms with Crippen LogP contribution in [0.5, 0.6) is 0 Å². The van der Waals surface area contributed by atoms with Crippen LogP contribution < -0.4 is 5.73 Å². The molecule has 4 atom stereocenters. The van der Waals surface area contributed by atoms with E-state index in [1.165, 1.54) is 25.8 Å². The van der Waals surface area contributed by atoms with E-state index in [2.05, 4.69) is 25.7 Å². The van der Waals surface area contributed by atoms with Gasteiger partial charge in [0.1, 0.15) is 0 Å². The molecule has 0 radical (unpaired) electrons. The Labute approximate surface area is 106 Å². The molecule has 3 nitrogen and oxygen atoms in total. The van der Waals surface area contributed by atoms with Gasteiger partial charge in [0.05, 0.1) is 5.60 Å². The Morgan fingerprint density at radius 3 is 2.82 bits per heavy atom. The minimum atomic E-state index is 0.0933. The van der Waals surface area contributed by atoms with Gasteiger partial charge in [-0.05, 0) is 45.1 Å². The summed E-state index contributed by atoms with van der Waals surface area (Å²) in [7, 11) is 0. The van der Waals surface area contributed by atoms with Crippen LogP contribution in [-0.4, -0.2) is 42.3 Å². The summed E-state index contributed by atoms with van der Waals surface area (Å²) in [6.07, 6.45) is 4.71. The molecule has 0 spiro atoms. The minimum absolute atomic E-state index is 0.0933. The lowest BCUT2D eigenvalue weighted by atomic mass is 9.86. The normalized spacial score (nSPS) is 44.8. The molecule has 2 aliphatic rings. The third-order valence-corrected chi connectivity index (χ3v) is 4.88. The molecule has 0 aliphatic carbocycles. The average molecular weight is 240 g/mol. The molecule has 2 rings (SSSR count). The minimum Gasteiger partial charge on any atom is -0.375 e. The number of likely N-dealkylation sites (tertiary alicyclic amines) is 1. The predicted molar refractivity (Wildman–Crippen MR) is 71.0 cm³/mol. The van der Waals surface area contributed by atoms with Crippen LogP contribution in [0.3, 0.4) is 0 Å². The van der Waals surface area contributed by atoms with E-state index in [9.17, 15) is 0 Å². The third-order valence-electron chi connectivity index (χ3n) is 4.88. The molecule has 0 aromatic rings. The fourth-order valence-electron chi connectivity index (χ4n) is 3.12. The van der Waals surface area contributed by atoms with Crippen molar-refractivity contribution in [3.8, 4) is 0 Å². The Morgan fingerprint density at radius 2 is 2.18 bits per heavy atom. The van der Waals surface area contributed by atoms with Gasteiger partial charge in [0.2, 0.25) is 0 Å². The lowest BCUT2D eigenvalue weighted by Gasteiger charge is -2.46. The Bertz CT molecular complexity index is 259. The van der Waals surface area contributed by atoms with E-state index in [1.54, 1.807) is 0 Å². The highest BCUT2D eigenvalue weighted by molar-refractivity contribution is 4.91. The van der Waals surface area contributed by atoms with Crippen molar-refractivity contribution >= 4 is 0 Å². The van der Waals surface area contributed by atoms with Crippen molar-refractivity contribution in [3.63, 3.8) is 0 Å². The van der Waals surface area contributed by atoms with Crippen molar-refractivity contribution in [2.24, 2.45) is 11.7 Å². The molecule has 2 aliphatic heterocycles. The van der Waals surface area contributed by atoms with Crippen LogP contribution in [0.2, 0.25) is 0 Å². The molecule has 0 aromatic heterocycles. The topological polar surface area (TPSA) is 38.5 Å². The van der Waals surface area contributed by atoms with E-state index >= 15 is 0 Å². The number of ether oxygens (including phenoxy) is 1. The first kappa shape index (κ1) is 13.3. The average Bonchev–Trinajstić information content (AvgIpc) is 2.33. The molecule has 2 heterocycles. The molecule has 0 amide bonds. The molecule has 4 unspecified atom stereocenters.